The standard InChI is InChI=1S/C10H9N5.2Rb/c1-6(2)9-14-12-8-4-3-7-5-11-13-10(7)15(8)9;;/h3-4,6H,1-2H3;;/q-2;2*+1. The molecule has 0 N–H and O–H groups in total. The maximum absolute atomic E-state index is 4.16. The van der Waals surface area contributed by atoms with Gasteiger partial charge in [0, 0.05) is 5.82 Å². The van der Waals surface area contributed by atoms with Crippen LogP contribution in [0.15, 0.2) is 12.1 Å². The van der Waals surface area contributed by atoms with Crippen LogP contribution in [-0.2, 0) is 0 Å². The van der Waals surface area contributed by atoms with Gasteiger partial charge in [-0.05, 0) is 5.92 Å². The van der Waals surface area contributed by atoms with Gasteiger partial charge in [-0.15, -0.1) is 5.65 Å². The zero-order chi connectivity index (χ0) is 10.4. The Balaban J connectivity index is 0.000000722. The molecule has 7 heteroatoms. The molecule has 0 radical (unpaired) electrons. The quantitative estimate of drug-likeness (QED) is 0.404. The van der Waals surface area contributed by atoms with Crippen LogP contribution in [0.3, 0.4) is 0 Å². The van der Waals surface area contributed by atoms with Crippen molar-refractivity contribution >= 4 is 16.7 Å². The molecule has 3 aromatic heterocycles. The van der Waals surface area contributed by atoms with Crippen LogP contribution in [0.4, 0.5) is 0 Å². The van der Waals surface area contributed by atoms with Gasteiger partial charge in [0.15, 0.2) is 0 Å². The Bertz CT molecular complexity index is 628. The third kappa shape index (κ3) is 3.07. The second-order valence-electron chi connectivity index (χ2n) is 3.79. The summed E-state index contributed by atoms with van der Waals surface area (Å²) in [6.07, 6.45) is 2.83. The number of aromatic nitrogens is 5. The van der Waals surface area contributed by atoms with Crippen molar-refractivity contribution in [2.75, 3.05) is 0 Å². The van der Waals surface area contributed by atoms with E-state index in [4.69, 9.17) is 0 Å². The number of fused-ring (bicyclic) bond motifs is 3. The van der Waals surface area contributed by atoms with Gasteiger partial charge >= 0.3 is 116 Å². The number of pyridine rings is 1. The molecule has 0 aliphatic heterocycles. The van der Waals surface area contributed by atoms with Crippen LogP contribution in [-0.4, -0.2) is 19.7 Å². The first-order chi connectivity index (χ1) is 7.27. The molecule has 0 atom stereocenters. The normalized spacial score (nSPS) is 10.5. The molecule has 5 nitrogen and oxygen atoms in total. The molecule has 3 aromatic rings. The Morgan fingerprint density at radius 1 is 1.24 bits per heavy atom. The minimum Gasteiger partial charge on any atom is -0.441 e. The molecule has 0 aliphatic rings. The van der Waals surface area contributed by atoms with Crippen LogP contribution in [0.2, 0.25) is 0 Å². The van der Waals surface area contributed by atoms with E-state index in [9.17, 15) is 0 Å². The van der Waals surface area contributed by atoms with Gasteiger partial charge in [0.25, 0.3) is 0 Å². The maximum atomic E-state index is 4.16. The van der Waals surface area contributed by atoms with Crippen molar-refractivity contribution in [3.8, 4) is 0 Å². The van der Waals surface area contributed by atoms with Crippen LogP contribution in [0.1, 0.15) is 25.6 Å². The van der Waals surface area contributed by atoms with Gasteiger partial charge < -0.3 is 14.6 Å². The largest absolute Gasteiger partial charge is 1.00 e. The first-order valence-electron chi connectivity index (χ1n) is 4.82. The number of nitrogens with zero attached hydrogens (tertiary/aromatic N) is 5. The molecular formula is C10H9N5Rb2. The first kappa shape index (κ1) is 16.8. The second kappa shape index (κ2) is 6.92. The van der Waals surface area contributed by atoms with Gasteiger partial charge in [-0.25, -0.2) is 0 Å². The Labute approximate surface area is 197 Å². The minimum atomic E-state index is 0. The van der Waals surface area contributed by atoms with E-state index in [0.717, 1.165) is 22.5 Å². The van der Waals surface area contributed by atoms with Crippen molar-refractivity contribution in [3.05, 3.63) is 24.2 Å². The number of rotatable bonds is 1. The predicted octanol–water partition coefficient (Wildman–Crippen LogP) is -4.83. The van der Waals surface area contributed by atoms with Crippen LogP contribution in [0.5, 0.6) is 0 Å². The number of hydrogen-bond acceptors (Lipinski definition) is 3. The topological polar surface area (TPSA) is 57.2 Å². The molecule has 0 unspecified atom stereocenters. The summed E-state index contributed by atoms with van der Waals surface area (Å²) >= 11 is 0. The fourth-order valence-electron chi connectivity index (χ4n) is 1.67. The molecular weight excluding hydrogens is 361 g/mol. The van der Waals surface area contributed by atoms with E-state index in [1.165, 1.54) is 0 Å². The fraction of sp³-hybridized carbons (Fsp3) is 0.300. The molecule has 17 heavy (non-hydrogen) atoms. The molecule has 0 saturated heterocycles. The summed E-state index contributed by atoms with van der Waals surface area (Å²) in [6, 6.07) is 3.81. The summed E-state index contributed by atoms with van der Waals surface area (Å²) < 4.78 is 1.93. The van der Waals surface area contributed by atoms with Crippen LogP contribution in [0, 0.1) is 6.20 Å². The summed E-state index contributed by atoms with van der Waals surface area (Å²) in [4.78, 5) is 0. The Morgan fingerprint density at radius 2 is 2.00 bits per heavy atom. The van der Waals surface area contributed by atoms with E-state index in [-0.39, 0.29) is 116 Å². The van der Waals surface area contributed by atoms with Crippen molar-refractivity contribution in [2.45, 2.75) is 19.8 Å². The molecule has 0 aliphatic carbocycles. The summed E-state index contributed by atoms with van der Waals surface area (Å²) in [5.41, 5.74) is 1.58. The van der Waals surface area contributed by atoms with Gasteiger partial charge in [0.2, 0.25) is 0 Å². The Morgan fingerprint density at radius 3 is 2.71 bits per heavy atom. The van der Waals surface area contributed by atoms with Gasteiger partial charge in [0.1, 0.15) is 0 Å². The average Bonchev–Trinajstić information content (AvgIpc) is 2.82. The van der Waals surface area contributed by atoms with E-state index in [1.807, 2.05) is 16.5 Å². The number of hydrogen-bond donors (Lipinski definition) is 0. The van der Waals surface area contributed by atoms with Gasteiger partial charge in [0.05, 0.1) is 5.65 Å². The van der Waals surface area contributed by atoms with E-state index >= 15 is 0 Å². The molecule has 0 amide bonds. The van der Waals surface area contributed by atoms with Crippen LogP contribution in [0.25, 0.3) is 16.7 Å². The molecule has 76 valence electrons. The zero-order valence-corrected chi connectivity index (χ0v) is 20.3. The third-order valence-electron chi connectivity index (χ3n) is 2.40. The molecule has 3 rings (SSSR count). The fourth-order valence-corrected chi connectivity index (χ4v) is 1.67. The van der Waals surface area contributed by atoms with Crippen molar-refractivity contribution in [1.29, 1.82) is 0 Å². The first-order valence-corrected chi connectivity index (χ1v) is 4.82. The van der Waals surface area contributed by atoms with Gasteiger partial charge in [-0.1, -0.05) is 26.1 Å². The summed E-state index contributed by atoms with van der Waals surface area (Å²) in [7, 11) is 0. The molecule has 0 saturated carbocycles. The van der Waals surface area contributed by atoms with Crippen molar-refractivity contribution < 1.29 is 116 Å². The molecule has 0 bridgehead atoms. The minimum absolute atomic E-state index is 0. The Hall–Kier alpha value is 1.70. The summed E-state index contributed by atoms with van der Waals surface area (Å²) in [5, 5.41) is 17.0. The monoisotopic (exact) mass is 369 g/mol. The zero-order valence-electron chi connectivity index (χ0n) is 10.5. The van der Waals surface area contributed by atoms with E-state index in [0.29, 0.717) is 5.92 Å². The summed E-state index contributed by atoms with van der Waals surface area (Å²) in [6.45, 7) is 4.16. The molecule has 0 fully saturated rings. The third-order valence-corrected chi connectivity index (χ3v) is 2.40. The van der Waals surface area contributed by atoms with Crippen molar-refractivity contribution in [2.24, 2.45) is 0 Å². The smallest absolute Gasteiger partial charge is 0.441 e. The second-order valence-corrected chi connectivity index (χ2v) is 3.79. The van der Waals surface area contributed by atoms with Crippen molar-refractivity contribution in [1.82, 2.24) is 24.8 Å². The predicted molar refractivity (Wildman–Crippen MR) is 54.5 cm³/mol. The molecule has 0 aromatic carbocycles. The molecule has 3 heterocycles. The molecule has 0 spiro atoms. The van der Waals surface area contributed by atoms with Crippen molar-refractivity contribution in [3.63, 3.8) is 0 Å². The summed E-state index contributed by atoms with van der Waals surface area (Å²) in [5.74, 6) is 1.21. The van der Waals surface area contributed by atoms with E-state index in [1.54, 1.807) is 0 Å². The van der Waals surface area contributed by atoms with Gasteiger partial charge in [-0.3, -0.25) is 0 Å². The van der Waals surface area contributed by atoms with E-state index in [2.05, 4.69) is 40.4 Å². The van der Waals surface area contributed by atoms with Crippen LogP contribution >= 0.6 is 0 Å². The SMILES string of the molecule is CC(C)c1nnc2ccc3[c-]n[n-]c3n12.[Rb+].[Rb+]. The van der Waals surface area contributed by atoms with Gasteiger partial charge in [-0.2, -0.15) is 21.6 Å². The van der Waals surface area contributed by atoms with E-state index < -0.39 is 0 Å². The van der Waals surface area contributed by atoms with Crippen LogP contribution < -0.4 is 121 Å². The Kier molecular flexibility index (Phi) is 6.82. The maximum Gasteiger partial charge on any atom is 1.00 e. The average molecular weight is 370 g/mol.